The number of carboxylic acid groups (broad SMARTS) is 1. The van der Waals surface area contributed by atoms with Crippen LogP contribution in [-0.4, -0.2) is 21.9 Å². The van der Waals surface area contributed by atoms with E-state index < -0.39 is 11.7 Å². The minimum absolute atomic E-state index is 0.0854. The van der Waals surface area contributed by atoms with Crippen LogP contribution < -0.4 is 5.43 Å². The molecule has 0 aromatic heterocycles. The molecule has 0 amide bonds. The Morgan fingerprint density at radius 1 is 1.35 bits per heavy atom. The zero-order valence-corrected chi connectivity index (χ0v) is 8.38. The standard InChI is InChI=1S/C10H6N4O3/c11-4-7(5-12)13-14-8-2-1-6(10(16)17)3-9(8)15/h1-3,14-15H,(H,16,17). The number of aromatic carboxylic acids is 1. The summed E-state index contributed by atoms with van der Waals surface area (Å²) in [4.78, 5) is 10.6. The predicted molar refractivity (Wildman–Crippen MR) is 57.3 cm³/mol. The van der Waals surface area contributed by atoms with Crippen LogP contribution in [0.1, 0.15) is 10.4 Å². The van der Waals surface area contributed by atoms with Crippen molar-refractivity contribution in [2.24, 2.45) is 5.10 Å². The predicted octanol–water partition coefficient (Wildman–Crippen LogP) is 0.905. The molecule has 0 saturated heterocycles. The summed E-state index contributed by atoms with van der Waals surface area (Å²) in [5.74, 6) is -1.52. The zero-order chi connectivity index (χ0) is 12.8. The second-order valence-corrected chi connectivity index (χ2v) is 2.83. The highest BCUT2D eigenvalue weighted by Crippen LogP contribution is 2.24. The first-order valence-corrected chi connectivity index (χ1v) is 4.28. The van der Waals surface area contributed by atoms with E-state index in [1.807, 2.05) is 0 Å². The van der Waals surface area contributed by atoms with E-state index in [0.29, 0.717) is 0 Å². The number of nitriles is 2. The number of carbonyl (C=O) groups is 1. The van der Waals surface area contributed by atoms with Crippen LogP contribution in [0, 0.1) is 22.7 Å². The van der Waals surface area contributed by atoms with Gasteiger partial charge in [-0.25, -0.2) is 4.79 Å². The largest absolute Gasteiger partial charge is 0.506 e. The molecule has 0 heterocycles. The van der Waals surface area contributed by atoms with Crippen LogP contribution in [0.3, 0.4) is 0 Å². The lowest BCUT2D eigenvalue weighted by molar-refractivity contribution is 0.0696. The van der Waals surface area contributed by atoms with Crippen molar-refractivity contribution in [1.29, 1.82) is 10.5 Å². The average molecular weight is 230 g/mol. The number of phenols is 1. The molecule has 0 aliphatic carbocycles. The number of carboxylic acids is 1. The van der Waals surface area contributed by atoms with E-state index in [9.17, 15) is 9.90 Å². The van der Waals surface area contributed by atoms with Crippen molar-refractivity contribution < 1.29 is 15.0 Å². The van der Waals surface area contributed by atoms with Gasteiger partial charge in [-0.3, -0.25) is 5.43 Å². The van der Waals surface area contributed by atoms with Gasteiger partial charge in [-0.2, -0.15) is 15.6 Å². The number of hydrazone groups is 1. The number of benzene rings is 1. The summed E-state index contributed by atoms with van der Waals surface area (Å²) < 4.78 is 0. The van der Waals surface area contributed by atoms with Gasteiger partial charge < -0.3 is 10.2 Å². The third kappa shape index (κ3) is 2.94. The normalized spacial score (nSPS) is 8.59. The fraction of sp³-hybridized carbons (Fsp3) is 0. The number of aromatic hydroxyl groups is 1. The number of nitrogens with one attached hydrogen (secondary N) is 1. The molecule has 7 nitrogen and oxygen atoms in total. The first-order chi connectivity index (χ1) is 8.08. The van der Waals surface area contributed by atoms with Crippen LogP contribution in [0.4, 0.5) is 5.69 Å². The molecule has 0 saturated carbocycles. The molecule has 1 aromatic carbocycles. The first kappa shape index (κ1) is 12.0. The van der Waals surface area contributed by atoms with Crippen LogP contribution in [0.25, 0.3) is 0 Å². The number of rotatable bonds is 3. The Morgan fingerprint density at radius 2 is 2.00 bits per heavy atom. The van der Waals surface area contributed by atoms with E-state index in [-0.39, 0.29) is 17.0 Å². The lowest BCUT2D eigenvalue weighted by Gasteiger charge is -2.03. The Labute approximate surface area is 95.8 Å². The van der Waals surface area contributed by atoms with Crippen LogP contribution in [0.2, 0.25) is 0 Å². The Kier molecular flexibility index (Phi) is 3.63. The van der Waals surface area contributed by atoms with Crippen molar-refractivity contribution in [1.82, 2.24) is 0 Å². The summed E-state index contributed by atoms with van der Waals surface area (Å²) in [6, 6.07) is 6.59. The van der Waals surface area contributed by atoms with Gasteiger partial charge in [0.15, 0.2) is 0 Å². The summed E-state index contributed by atoms with van der Waals surface area (Å²) >= 11 is 0. The van der Waals surface area contributed by atoms with Gasteiger partial charge in [-0.05, 0) is 18.2 Å². The highest BCUT2D eigenvalue weighted by atomic mass is 16.4. The van der Waals surface area contributed by atoms with Crippen molar-refractivity contribution in [2.75, 3.05) is 5.43 Å². The lowest BCUT2D eigenvalue weighted by Crippen LogP contribution is -1.99. The fourth-order valence-corrected chi connectivity index (χ4v) is 0.950. The summed E-state index contributed by atoms with van der Waals surface area (Å²) in [6.45, 7) is 0. The van der Waals surface area contributed by atoms with Crippen molar-refractivity contribution >= 4 is 17.4 Å². The number of nitrogens with zero attached hydrogens (tertiary/aromatic N) is 3. The van der Waals surface area contributed by atoms with Crippen molar-refractivity contribution in [3.05, 3.63) is 23.8 Å². The van der Waals surface area contributed by atoms with Gasteiger partial charge in [-0.1, -0.05) is 0 Å². The lowest BCUT2D eigenvalue weighted by atomic mass is 10.2. The van der Waals surface area contributed by atoms with Gasteiger partial charge in [0.1, 0.15) is 17.9 Å². The molecular weight excluding hydrogens is 224 g/mol. The molecular formula is C10H6N4O3. The second kappa shape index (κ2) is 5.14. The minimum Gasteiger partial charge on any atom is -0.506 e. The summed E-state index contributed by atoms with van der Waals surface area (Å²) in [6.07, 6.45) is 0. The molecule has 3 N–H and O–H groups in total. The SMILES string of the molecule is N#CC(C#N)=NNc1ccc(C(=O)O)cc1O. The van der Waals surface area contributed by atoms with E-state index >= 15 is 0 Å². The summed E-state index contributed by atoms with van der Waals surface area (Å²) in [7, 11) is 0. The van der Waals surface area contributed by atoms with Crippen LogP contribution >= 0.6 is 0 Å². The van der Waals surface area contributed by atoms with Crippen LogP contribution in [0.5, 0.6) is 5.75 Å². The van der Waals surface area contributed by atoms with Gasteiger partial charge in [0, 0.05) is 0 Å². The van der Waals surface area contributed by atoms with Crippen molar-refractivity contribution in [2.45, 2.75) is 0 Å². The molecule has 17 heavy (non-hydrogen) atoms. The Bertz CT molecular complexity index is 550. The topological polar surface area (TPSA) is 130 Å². The summed E-state index contributed by atoms with van der Waals surface area (Å²) in [5.41, 5.74) is 1.88. The maximum absolute atomic E-state index is 10.6. The quantitative estimate of drug-likeness (QED) is 0.402. The zero-order valence-electron chi connectivity index (χ0n) is 8.38. The monoisotopic (exact) mass is 230 g/mol. The van der Waals surface area contributed by atoms with Crippen LogP contribution in [-0.2, 0) is 0 Å². The second-order valence-electron chi connectivity index (χ2n) is 2.83. The number of hydrogen-bond acceptors (Lipinski definition) is 6. The Hall–Kier alpha value is -3.06. The minimum atomic E-state index is -1.18. The van der Waals surface area contributed by atoms with Crippen molar-refractivity contribution in [3.8, 4) is 17.9 Å². The fourth-order valence-electron chi connectivity index (χ4n) is 0.950. The van der Waals surface area contributed by atoms with Gasteiger partial charge in [0.05, 0.1) is 11.3 Å². The van der Waals surface area contributed by atoms with Gasteiger partial charge in [0.2, 0.25) is 5.71 Å². The molecule has 84 valence electrons. The maximum Gasteiger partial charge on any atom is 0.335 e. The van der Waals surface area contributed by atoms with E-state index in [2.05, 4.69) is 10.5 Å². The van der Waals surface area contributed by atoms with E-state index in [4.69, 9.17) is 15.6 Å². The third-order valence-electron chi connectivity index (χ3n) is 1.74. The smallest absolute Gasteiger partial charge is 0.335 e. The molecule has 0 spiro atoms. The van der Waals surface area contributed by atoms with Gasteiger partial charge in [-0.15, -0.1) is 0 Å². The molecule has 0 radical (unpaired) electrons. The third-order valence-corrected chi connectivity index (χ3v) is 1.74. The molecule has 0 fully saturated rings. The molecule has 0 aliphatic rings. The molecule has 0 aliphatic heterocycles. The Balaban J connectivity index is 2.96. The van der Waals surface area contributed by atoms with Gasteiger partial charge in [0.25, 0.3) is 0 Å². The maximum atomic E-state index is 10.6. The highest BCUT2D eigenvalue weighted by molar-refractivity contribution is 6.10. The van der Waals surface area contributed by atoms with Gasteiger partial charge >= 0.3 is 5.97 Å². The highest BCUT2D eigenvalue weighted by Gasteiger charge is 2.07. The molecule has 1 aromatic rings. The van der Waals surface area contributed by atoms with Crippen LogP contribution in [0.15, 0.2) is 23.3 Å². The molecule has 0 bridgehead atoms. The molecule has 1 rings (SSSR count). The van der Waals surface area contributed by atoms with Crippen molar-refractivity contribution in [3.63, 3.8) is 0 Å². The molecule has 0 unspecified atom stereocenters. The van der Waals surface area contributed by atoms with E-state index in [1.165, 1.54) is 24.3 Å². The number of hydrogen-bond donors (Lipinski definition) is 3. The average Bonchev–Trinajstić information content (AvgIpc) is 2.31. The molecule has 0 atom stereocenters. The van der Waals surface area contributed by atoms with E-state index in [1.54, 1.807) is 0 Å². The first-order valence-electron chi connectivity index (χ1n) is 4.28. The Morgan fingerprint density at radius 3 is 2.47 bits per heavy atom. The number of phenolic OH excluding ortho intramolecular Hbond substituents is 1. The van der Waals surface area contributed by atoms with E-state index in [0.717, 1.165) is 6.07 Å². The number of anilines is 1. The molecule has 7 heteroatoms. The summed E-state index contributed by atoms with van der Waals surface area (Å²) in [5, 5.41) is 38.3.